The van der Waals surface area contributed by atoms with Gasteiger partial charge in [-0.05, 0) is 80.6 Å². The quantitative estimate of drug-likeness (QED) is 0.0395. The third-order valence-electron chi connectivity index (χ3n) is 11.4. The molecule has 0 saturated heterocycles. The largest absolute Gasteiger partial charge is 1.00 e. The Labute approximate surface area is 412 Å². The third-order valence-corrected chi connectivity index (χ3v) is 11.4. The Bertz CT molecular complexity index is 2950. The zero-order valence-corrected chi connectivity index (χ0v) is 39.9. The number of nitrogens with zero attached hydrogens (tertiary/aromatic N) is 7. The van der Waals surface area contributed by atoms with Gasteiger partial charge in [0.15, 0.2) is 35.4 Å². The summed E-state index contributed by atoms with van der Waals surface area (Å²) in [5.41, 5.74) is 11.1. The van der Waals surface area contributed by atoms with E-state index in [1.807, 2.05) is 108 Å². The first-order valence-corrected chi connectivity index (χ1v) is 23.1. The number of ether oxygens (including phenoxy) is 2. The fourth-order valence-corrected chi connectivity index (χ4v) is 7.70. The normalized spacial score (nSPS) is 13.7. The molecule has 14 nitrogen and oxygen atoms in total. The number of aromatic nitrogens is 5. The number of hydrogen-bond acceptors (Lipinski definition) is 12. The number of halogens is 1. The first-order valence-electron chi connectivity index (χ1n) is 23.1. The van der Waals surface area contributed by atoms with E-state index in [2.05, 4.69) is 42.5 Å². The molecule has 0 unspecified atom stereocenters. The summed E-state index contributed by atoms with van der Waals surface area (Å²) in [5.74, 6) is 0.849. The van der Waals surface area contributed by atoms with Gasteiger partial charge in [-0.2, -0.15) is 0 Å². The lowest BCUT2D eigenvalue weighted by atomic mass is 10.0. The molecule has 0 atom stereocenters. The van der Waals surface area contributed by atoms with Crippen molar-refractivity contribution in [1.82, 2.24) is 19.5 Å². The molecule has 7 aromatic rings. The maximum atomic E-state index is 14.4. The van der Waals surface area contributed by atoms with Crippen molar-refractivity contribution in [1.29, 1.82) is 0 Å². The summed E-state index contributed by atoms with van der Waals surface area (Å²) in [7, 11) is 0. The summed E-state index contributed by atoms with van der Waals surface area (Å²) >= 11 is 0. The average molecular weight is 988 g/mol. The summed E-state index contributed by atoms with van der Waals surface area (Å²) in [6, 6.07) is 35.5. The molecule has 0 saturated carbocycles. The van der Waals surface area contributed by atoms with Gasteiger partial charge in [0.25, 0.3) is 0 Å². The van der Waals surface area contributed by atoms with E-state index in [1.165, 1.54) is 6.33 Å². The summed E-state index contributed by atoms with van der Waals surface area (Å²) in [4.78, 5) is 51.1. The number of carbonyl (C=O) groups excluding carboxylic acids is 2. The minimum absolute atomic E-state index is 0. The number of nitrogens with one attached hydrogen (secondary N) is 2. The van der Waals surface area contributed by atoms with Crippen LogP contribution in [0.1, 0.15) is 72.1 Å². The van der Waals surface area contributed by atoms with Crippen LogP contribution in [0.15, 0.2) is 174 Å². The van der Waals surface area contributed by atoms with Crippen LogP contribution >= 0.6 is 0 Å². The molecule has 0 amide bonds. The van der Waals surface area contributed by atoms with Gasteiger partial charge in [-0.1, -0.05) is 67.4 Å². The molecule has 8 rings (SSSR count). The van der Waals surface area contributed by atoms with Gasteiger partial charge in [0.1, 0.15) is 29.9 Å². The van der Waals surface area contributed by atoms with Gasteiger partial charge in [0.2, 0.25) is 0 Å². The van der Waals surface area contributed by atoms with E-state index >= 15 is 0 Å². The Kier molecular flexibility index (Phi) is 18.1. The van der Waals surface area contributed by atoms with Gasteiger partial charge < -0.3 is 47.4 Å². The number of allylic oxidation sites excluding steroid dienone is 2. The smallest absolute Gasteiger partial charge is 0.199 e. The number of benzene rings is 4. The molecule has 0 aliphatic carbocycles. The van der Waals surface area contributed by atoms with E-state index < -0.39 is 0 Å². The van der Waals surface area contributed by atoms with Crippen LogP contribution in [0.5, 0.6) is 11.5 Å². The van der Waals surface area contributed by atoms with Crippen LogP contribution in [-0.2, 0) is 13.1 Å². The molecular weight excluding hydrogens is 933 g/mol. The summed E-state index contributed by atoms with van der Waals surface area (Å²) < 4.78 is 16.7. The number of Topliss-reactive ketones (excluding diaryl/α,β-unsaturated/α-hetero) is 2. The van der Waals surface area contributed by atoms with Gasteiger partial charge in [0, 0.05) is 49.9 Å². The van der Waals surface area contributed by atoms with Gasteiger partial charge in [-0.3, -0.25) is 19.6 Å². The van der Waals surface area contributed by atoms with E-state index in [9.17, 15) is 9.59 Å². The molecule has 4 heterocycles. The molecule has 0 fully saturated rings. The number of fused-ring (bicyclic) bond motifs is 3. The number of carbonyl (C=O) groups is 2. The Balaban J connectivity index is 0.00000703. The Morgan fingerprint density at radius 2 is 1.10 bits per heavy atom. The first-order chi connectivity index (χ1) is 33.5. The van der Waals surface area contributed by atoms with E-state index in [0.29, 0.717) is 81.1 Å². The van der Waals surface area contributed by atoms with E-state index in [-0.39, 0.29) is 28.5 Å². The van der Waals surface area contributed by atoms with Gasteiger partial charge in [0.05, 0.1) is 64.6 Å². The van der Waals surface area contributed by atoms with Crippen molar-refractivity contribution in [3.8, 4) is 11.5 Å². The number of pyridine rings is 1. The Morgan fingerprint density at radius 1 is 0.580 bits per heavy atom. The molecule has 1 aliphatic heterocycles. The van der Waals surface area contributed by atoms with Crippen molar-refractivity contribution in [3.63, 3.8) is 0 Å². The Hall–Kier alpha value is -7.78. The predicted octanol–water partition coefficient (Wildman–Crippen LogP) is 7.45. The van der Waals surface area contributed by atoms with Crippen molar-refractivity contribution in [2.24, 2.45) is 9.98 Å². The standard InChI is InChI=1S/C54H54N10O4.BrH/c55-53-50-54(61-38-60-53)64(39-62-50)31-17-2-4-19-33-68-49-27-13-7-21-43(49)52(66)41-36-58-46-24-10-8-22-44(46)56-34-40(35-57-45-23-9-11-25-47(45)59-37-41)51(65)42-20-6-12-26-48(42)67-32-18-3-1-14-28-63-29-15-5-16-30-63;/h5-13,15-16,20-27,29-30,34-39H,1-4,14,17-19,28,31-33H2,(H3-,55,56,57,58,59,60,61,65,66);1H. The van der Waals surface area contributed by atoms with Crippen LogP contribution < -0.4 is 47.4 Å². The topological polar surface area (TPSA) is 175 Å². The maximum Gasteiger partial charge on any atom is 0.199 e. The lowest BCUT2D eigenvalue weighted by Crippen LogP contribution is -3.00. The minimum atomic E-state index is -0.275. The van der Waals surface area contributed by atoms with Crippen molar-refractivity contribution in [2.45, 2.75) is 64.5 Å². The number of nitrogen functional groups attached to an aromatic ring is 1. The highest BCUT2D eigenvalue weighted by molar-refractivity contribution is 6.23. The number of ketones is 2. The second-order valence-corrected chi connectivity index (χ2v) is 16.2. The SMILES string of the molecule is Nc1ncnc2c1ncn2CCCCCCOc1ccccc1C(=O)/C1=C/Nc2ccccc2N=C/C(C(=O)c2ccccc2OCCCCCC[n+]2ccccc2)=C\Nc2ccccc2N=C1.[Br-]. The van der Waals surface area contributed by atoms with E-state index in [0.717, 1.165) is 70.1 Å². The molecule has 15 heteroatoms. The number of rotatable bonds is 20. The fourth-order valence-electron chi connectivity index (χ4n) is 7.70. The number of aliphatic imine (C=N–C) groups is 2. The van der Waals surface area contributed by atoms with Gasteiger partial charge >= 0.3 is 0 Å². The third kappa shape index (κ3) is 13.4. The number of aryl methyl sites for hydroxylation is 2. The van der Waals surface area contributed by atoms with Crippen LogP contribution in [0.3, 0.4) is 0 Å². The monoisotopic (exact) mass is 986 g/mol. The second kappa shape index (κ2) is 25.4. The van der Waals surface area contributed by atoms with Crippen LogP contribution in [0.4, 0.5) is 28.6 Å². The van der Waals surface area contributed by atoms with Crippen LogP contribution in [0.2, 0.25) is 0 Å². The summed E-state index contributed by atoms with van der Waals surface area (Å²) in [6.45, 7) is 2.70. The molecular formula is C54H55BrN10O4. The lowest BCUT2D eigenvalue weighted by Gasteiger charge is -2.13. The molecule has 0 bridgehead atoms. The predicted molar refractivity (Wildman–Crippen MR) is 268 cm³/mol. The highest BCUT2D eigenvalue weighted by atomic mass is 79.9. The molecule has 3 aromatic heterocycles. The average Bonchev–Trinajstić information content (AvgIpc) is 3.80. The molecule has 0 spiro atoms. The molecule has 4 aromatic carbocycles. The van der Waals surface area contributed by atoms with Crippen LogP contribution in [0.25, 0.3) is 11.2 Å². The van der Waals surface area contributed by atoms with Gasteiger partial charge in [-0.15, -0.1) is 0 Å². The Morgan fingerprint density at radius 3 is 1.70 bits per heavy atom. The molecule has 4 N–H and O–H groups in total. The van der Waals surface area contributed by atoms with Crippen molar-refractivity contribution in [3.05, 3.63) is 175 Å². The molecule has 1 aliphatic rings. The number of hydrogen-bond donors (Lipinski definition) is 3. The molecule has 352 valence electrons. The second-order valence-electron chi connectivity index (χ2n) is 16.2. The van der Waals surface area contributed by atoms with E-state index in [4.69, 9.17) is 25.2 Å². The molecule has 0 radical (unpaired) electrons. The highest BCUT2D eigenvalue weighted by Gasteiger charge is 2.19. The zero-order chi connectivity index (χ0) is 46.8. The van der Waals surface area contributed by atoms with Crippen molar-refractivity contribution < 1.29 is 40.6 Å². The fraction of sp³-hybridized carbons (Fsp3) is 0.222. The maximum absolute atomic E-state index is 14.4. The van der Waals surface area contributed by atoms with Crippen molar-refractivity contribution >= 4 is 63.7 Å². The van der Waals surface area contributed by atoms with Crippen LogP contribution in [-0.4, -0.2) is 56.7 Å². The number of imidazole rings is 1. The highest BCUT2D eigenvalue weighted by Crippen LogP contribution is 2.30. The summed E-state index contributed by atoms with van der Waals surface area (Å²) in [6.07, 6.45) is 21.5. The zero-order valence-electron chi connectivity index (χ0n) is 38.3. The summed E-state index contributed by atoms with van der Waals surface area (Å²) in [5, 5.41) is 6.60. The first kappa shape index (κ1) is 49.1. The number of para-hydroxylation sites is 6. The minimum Gasteiger partial charge on any atom is -1.00 e. The van der Waals surface area contributed by atoms with Gasteiger partial charge in [-0.25, -0.2) is 19.5 Å². The number of anilines is 3. The molecule has 69 heavy (non-hydrogen) atoms. The van der Waals surface area contributed by atoms with E-state index in [1.54, 1.807) is 43.3 Å². The number of unbranched alkanes of at least 4 members (excludes halogenated alkanes) is 6. The lowest BCUT2D eigenvalue weighted by molar-refractivity contribution is -0.697. The number of nitrogens with two attached hydrogens (primary N) is 1. The van der Waals surface area contributed by atoms with Crippen molar-refractivity contribution in [2.75, 3.05) is 29.6 Å². The van der Waals surface area contributed by atoms with Crippen LogP contribution in [0, 0.1) is 0 Å².